The quantitative estimate of drug-likeness (QED) is 0.510. The number of halogens is 1. The molecule has 0 aromatic heterocycles. The Kier molecular flexibility index (Phi) is 5.27. The largest absolute Gasteiger partial charge is 0.0887 e. The van der Waals surface area contributed by atoms with Gasteiger partial charge in [-0.15, -0.1) is 0 Å². The number of hydrogen-bond donors (Lipinski definition) is 0. The fraction of sp³-hybridized carbons (Fsp3) is 0.750. The highest BCUT2D eigenvalue weighted by Gasteiger charge is 1.99. The maximum Gasteiger partial charge on any atom is 0.0185 e. The molecule has 1 unspecified atom stereocenters. The first-order valence-electron chi connectivity index (χ1n) is 3.28. The first-order chi connectivity index (χ1) is 4.16. The van der Waals surface area contributed by atoms with E-state index in [9.17, 15) is 0 Å². The molecule has 1 heteroatoms. The summed E-state index contributed by atoms with van der Waals surface area (Å²) < 4.78 is 2.89. The summed E-state index contributed by atoms with van der Waals surface area (Å²) in [7, 11) is 0. The van der Waals surface area contributed by atoms with E-state index in [1.807, 2.05) is 0 Å². The summed E-state index contributed by atoms with van der Waals surface area (Å²) in [5.41, 5.74) is 0. The lowest BCUT2D eigenvalue weighted by Gasteiger charge is -2.05. The van der Waals surface area contributed by atoms with Crippen molar-refractivity contribution in [2.75, 3.05) is 0 Å². The van der Waals surface area contributed by atoms with E-state index in [1.54, 1.807) is 0 Å². The van der Waals surface area contributed by atoms with Crippen molar-refractivity contribution in [3.05, 3.63) is 0 Å². The molecule has 0 N–H and O–H groups in total. The van der Waals surface area contributed by atoms with E-state index in [-0.39, 0.29) is 0 Å². The third kappa shape index (κ3) is 6.17. The van der Waals surface area contributed by atoms with E-state index >= 15 is 0 Å². The molecule has 0 aromatic carbocycles. The zero-order valence-corrected chi connectivity index (χ0v) is 8.40. The van der Waals surface area contributed by atoms with Crippen LogP contribution in [0, 0.1) is 21.7 Å². The van der Waals surface area contributed by atoms with Gasteiger partial charge < -0.3 is 0 Å². The maximum absolute atomic E-state index is 3.11. The van der Waals surface area contributed by atoms with E-state index in [1.165, 1.54) is 6.42 Å². The van der Waals surface area contributed by atoms with Crippen LogP contribution in [0.25, 0.3) is 0 Å². The molecule has 0 aliphatic heterocycles. The van der Waals surface area contributed by atoms with Crippen LogP contribution in [-0.4, -0.2) is 0 Å². The molecule has 9 heavy (non-hydrogen) atoms. The van der Waals surface area contributed by atoms with Crippen molar-refractivity contribution >= 4 is 22.6 Å². The Bertz CT molecular complexity index is 116. The molecule has 0 fully saturated rings. The van der Waals surface area contributed by atoms with E-state index in [2.05, 4.69) is 53.2 Å². The molecule has 0 radical (unpaired) electrons. The van der Waals surface area contributed by atoms with Gasteiger partial charge in [0, 0.05) is 28.5 Å². The van der Waals surface area contributed by atoms with Gasteiger partial charge in [0.1, 0.15) is 0 Å². The van der Waals surface area contributed by atoms with Crippen molar-refractivity contribution in [3.8, 4) is 9.85 Å². The lowest BCUT2D eigenvalue weighted by atomic mass is 10.0. The second-order valence-corrected chi connectivity index (χ2v) is 3.31. The minimum Gasteiger partial charge on any atom is -0.0887 e. The van der Waals surface area contributed by atoms with Crippen LogP contribution in [0.5, 0.6) is 0 Å². The molecule has 0 saturated carbocycles. The molecular weight excluding hydrogens is 223 g/mol. The van der Waals surface area contributed by atoms with Gasteiger partial charge in [-0.2, -0.15) is 0 Å². The molecule has 0 rings (SSSR count). The molecule has 1 atom stereocenters. The van der Waals surface area contributed by atoms with Gasteiger partial charge in [0.2, 0.25) is 0 Å². The molecule has 0 nitrogen and oxygen atoms in total. The fourth-order valence-corrected chi connectivity index (χ4v) is 1.39. The Hall–Kier alpha value is 0.290. The summed E-state index contributed by atoms with van der Waals surface area (Å²) in [6.45, 7) is 6.63. The Morgan fingerprint density at radius 3 is 2.22 bits per heavy atom. The molecule has 0 aliphatic carbocycles. The topological polar surface area (TPSA) is 0 Å². The molecule has 0 saturated heterocycles. The summed E-state index contributed by atoms with van der Waals surface area (Å²) in [6, 6.07) is 0. The summed E-state index contributed by atoms with van der Waals surface area (Å²) >= 11 is 2.09. The van der Waals surface area contributed by atoms with Crippen molar-refractivity contribution in [3.63, 3.8) is 0 Å². The van der Waals surface area contributed by atoms with E-state index in [0.717, 1.165) is 5.92 Å². The van der Waals surface area contributed by atoms with Gasteiger partial charge in [-0.25, -0.2) is 0 Å². The van der Waals surface area contributed by atoms with Gasteiger partial charge >= 0.3 is 0 Å². The summed E-state index contributed by atoms with van der Waals surface area (Å²) in [5.74, 6) is 4.46. The van der Waals surface area contributed by atoms with Crippen LogP contribution in [0.2, 0.25) is 0 Å². The highest BCUT2D eigenvalue weighted by Crippen LogP contribution is 2.09. The van der Waals surface area contributed by atoms with Crippen molar-refractivity contribution in [2.24, 2.45) is 11.8 Å². The van der Waals surface area contributed by atoms with E-state index in [0.29, 0.717) is 5.92 Å². The highest BCUT2D eigenvalue weighted by atomic mass is 127. The minimum absolute atomic E-state index is 0.571. The standard InChI is InChI=1S/C8H13I/c1-7(2)6-8(3)4-5-9/h7-8H,6H2,1-3H3. The Labute approximate surface area is 71.6 Å². The second-order valence-electron chi connectivity index (χ2n) is 2.77. The average Bonchev–Trinajstić information content (AvgIpc) is 1.63. The van der Waals surface area contributed by atoms with Gasteiger partial charge in [0.05, 0.1) is 0 Å². The normalized spacial score (nSPS) is 12.6. The molecule has 0 bridgehead atoms. The van der Waals surface area contributed by atoms with Crippen LogP contribution in [0.1, 0.15) is 27.2 Å². The molecule has 0 spiro atoms. The monoisotopic (exact) mass is 236 g/mol. The van der Waals surface area contributed by atoms with Gasteiger partial charge in [0.25, 0.3) is 0 Å². The molecule has 0 aromatic rings. The lowest BCUT2D eigenvalue weighted by Crippen LogP contribution is -1.95. The van der Waals surface area contributed by atoms with E-state index in [4.69, 9.17) is 0 Å². The zero-order chi connectivity index (χ0) is 7.28. The predicted octanol–water partition coefficient (Wildman–Crippen LogP) is 3.06. The Morgan fingerprint density at radius 2 is 1.89 bits per heavy atom. The molecule has 0 aliphatic rings. The van der Waals surface area contributed by atoms with Crippen LogP contribution in [0.15, 0.2) is 0 Å². The lowest BCUT2D eigenvalue weighted by molar-refractivity contribution is 0.514. The van der Waals surface area contributed by atoms with Crippen molar-refractivity contribution in [2.45, 2.75) is 27.2 Å². The van der Waals surface area contributed by atoms with Crippen LogP contribution >= 0.6 is 22.6 Å². The first-order valence-corrected chi connectivity index (χ1v) is 4.35. The van der Waals surface area contributed by atoms with Crippen LogP contribution in [0.4, 0.5) is 0 Å². The van der Waals surface area contributed by atoms with Crippen molar-refractivity contribution < 1.29 is 0 Å². The Morgan fingerprint density at radius 1 is 1.33 bits per heavy atom. The van der Waals surface area contributed by atoms with Crippen molar-refractivity contribution in [1.29, 1.82) is 0 Å². The predicted molar refractivity (Wildman–Crippen MR) is 50.4 cm³/mol. The van der Waals surface area contributed by atoms with Crippen molar-refractivity contribution in [1.82, 2.24) is 0 Å². The summed E-state index contributed by atoms with van der Waals surface area (Å²) in [6.07, 6.45) is 1.22. The van der Waals surface area contributed by atoms with Gasteiger partial charge in [0.15, 0.2) is 0 Å². The molecule has 52 valence electrons. The number of rotatable bonds is 2. The average molecular weight is 236 g/mol. The van der Waals surface area contributed by atoms with Crippen LogP contribution in [-0.2, 0) is 0 Å². The smallest absolute Gasteiger partial charge is 0.0185 e. The Balaban J connectivity index is 3.46. The third-order valence-electron chi connectivity index (χ3n) is 1.13. The first kappa shape index (κ1) is 9.29. The third-order valence-corrected chi connectivity index (χ3v) is 1.44. The van der Waals surface area contributed by atoms with Crippen LogP contribution in [0.3, 0.4) is 0 Å². The summed E-state index contributed by atoms with van der Waals surface area (Å²) in [4.78, 5) is 0. The minimum atomic E-state index is 0.571. The van der Waals surface area contributed by atoms with Gasteiger partial charge in [-0.1, -0.05) is 26.7 Å². The zero-order valence-electron chi connectivity index (χ0n) is 6.24. The van der Waals surface area contributed by atoms with Gasteiger partial charge in [-0.3, -0.25) is 0 Å². The number of hydrogen-bond acceptors (Lipinski definition) is 0. The molecule has 0 amide bonds. The van der Waals surface area contributed by atoms with E-state index < -0.39 is 0 Å². The van der Waals surface area contributed by atoms with Crippen LogP contribution < -0.4 is 0 Å². The fourth-order valence-electron chi connectivity index (χ4n) is 0.859. The summed E-state index contributed by atoms with van der Waals surface area (Å²) in [5, 5.41) is 0. The molecular formula is C8H13I. The SMILES string of the molecule is CC(C)CC(C)C#CI. The van der Waals surface area contributed by atoms with Gasteiger partial charge in [-0.05, 0) is 16.3 Å². The second kappa shape index (κ2) is 5.10. The maximum atomic E-state index is 3.11. The highest BCUT2D eigenvalue weighted by molar-refractivity contribution is 14.1. The molecule has 0 heterocycles.